The van der Waals surface area contributed by atoms with Gasteiger partial charge in [0, 0.05) is 36.9 Å². The Labute approximate surface area is 170 Å². The Bertz CT molecular complexity index is 1010. The van der Waals surface area contributed by atoms with Gasteiger partial charge >= 0.3 is 0 Å². The van der Waals surface area contributed by atoms with Crippen molar-refractivity contribution in [3.05, 3.63) is 54.2 Å². The van der Waals surface area contributed by atoms with Gasteiger partial charge in [0.1, 0.15) is 6.33 Å². The van der Waals surface area contributed by atoms with E-state index in [1.807, 2.05) is 29.8 Å². The first-order valence-corrected chi connectivity index (χ1v) is 10.4. The van der Waals surface area contributed by atoms with E-state index in [0.29, 0.717) is 11.9 Å². The first kappa shape index (κ1) is 18.1. The summed E-state index contributed by atoms with van der Waals surface area (Å²) in [6.07, 6.45) is 7.33. The minimum absolute atomic E-state index is 0.144. The number of hydrogen-bond donors (Lipinski definition) is 0. The molecule has 0 bridgehead atoms. The van der Waals surface area contributed by atoms with E-state index in [1.54, 1.807) is 6.33 Å². The SMILES string of the molecule is Cc1ccc(N2CCN3C(=O)[C@@H](CCCc4cccc5ncnn45)C[C@H]3C2)cn1. The summed E-state index contributed by atoms with van der Waals surface area (Å²) in [4.78, 5) is 26.1. The van der Waals surface area contributed by atoms with Crippen LogP contribution in [0.1, 0.15) is 30.7 Å². The van der Waals surface area contributed by atoms with Gasteiger partial charge in [-0.1, -0.05) is 6.07 Å². The largest absolute Gasteiger partial charge is 0.366 e. The number of aryl methyl sites for hydroxylation is 2. The maximum absolute atomic E-state index is 12.9. The molecule has 3 aromatic heterocycles. The Morgan fingerprint density at radius 3 is 2.93 bits per heavy atom. The van der Waals surface area contributed by atoms with Gasteiger partial charge in [0.05, 0.1) is 17.9 Å². The summed E-state index contributed by atoms with van der Waals surface area (Å²) in [6, 6.07) is 10.6. The van der Waals surface area contributed by atoms with Crippen LogP contribution in [0.2, 0.25) is 0 Å². The minimum Gasteiger partial charge on any atom is -0.366 e. The molecule has 2 saturated heterocycles. The second kappa shape index (κ2) is 7.46. The van der Waals surface area contributed by atoms with Gasteiger partial charge in [0.15, 0.2) is 5.65 Å². The first-order valence-electron chi connectivity index (χ1n) is 10.4. The zero-order chi connectivity index (χ0) is 19.8. The highest BCUT2D eigenvalue weighted by molar-refractivity contribution is 5.82. The number of amides is 1. The second-order valence-corrected chi connectivity index (χ2v) is 8.16. The third-order valence-corrected chi connectivity index (χ3v) is 6.30. The molecule has 2 atom stereocenters. The Kier molecular flexibility index (Phi) is 4.66. The van der Waals surface area contributed by atoms with Crippen LogP contribution in [-0.2, 0) is 11.2 Å². The molecule has 5 rings (SSSR count). The van der Waals surface area contributed by atoms with Crippen LogP contribution in [0, 0.1) is 12.8 Å². The molecule has 7 heteroatoms. The topological polar surface area (TPSA) is 66.6 Å². The van der Waals surface area contributed by atoms with Crippen molar-refractivity contribution in [2.45, 2.75) is 38.6 Å². The Morgan fingerprint density at radius 2 is 2.07 bits per heavy atom. The van der Waals surface area contributed by atoms with Crippen LogP contribution in [0.15, 0.2) is 42.9 Å². The van der Waals surface area contributed by atoms with E-state index >= 15 is 0 Å². The fourth-order valence-electron chi connectivity index (χ4n) is 4.75. The van der Waals surface area contributed by atoms with Gasteiger partial charge in [-0.15, -0.1) is 0 Å². The van der Waals surface area contributed by atoms with Crippen molar-refractivity contribution in [3.8, 4) is 0 Å². The number of pyridine rings is 2. The predicted octanol–water partition coefficient (Wildman–Crippen LogP) is 2.49. The summed E-state index contributed by atoms with van der Waals surface area (Å²) < 4.78 is 1.90. The number of carbonyl (C=O) groups excluding carboxylic acids is 1. The second-order valence-electron chi connectivity index (χ2n) is 8.16. The molecule has 7 nitrogen and oxygen atoms in total. The molecule has 150 valence electrons. The summed E-state index contributed by atoms with van der Waals surface area (Å²) in [5, 5.41) is 4.31. The number of hydrogen-bond acceptors (Lipinski definition) is 5. The highest BCUT2D eigenvalue weighted by Gasteiger charge is 2.41. The lowest BCUT2D eigenvalue weighted by atomic mass is 9.97. The van der Waals surface area contributed by atoms with Crippen LogP contribution in [-0.4, -0.2) is 56.1 Å². The fraction of sp³-hybridized carbons (Fsp3) is 0.455. The third kappa shape index (κ3) is 3.45. The van der Waals surface area contributed by atoms with Crippen molar-refractivity contribution in [2.24, 2.45) is 5.92 Å². The molecular weight excluding hydrogens is 364 g/mol. The molecule has 0 aliphatic carbocycles. The van der Waals surface area contributed by atoms with Gasteiger partial charge in [-0.2, -0.15) is 5.10 Å². The molecule has 0 saturated carbocycles. The van der Waals surface area contributed by atoms with Crippen molar-refractivity contribution in [1.29, 1.82) is 0 Å². The number of carbonyl (C=O) groups is 1. The number of anilines is 1. The highest BCUT2D eigenvalue weighted by Crippen LogP contribution is 2.32. The summed E-state index contributed by atoms with van der Waals surface area (Å²) in [7, 11) is 0. The van der Waals surface area contributed by atoms with Crippen LogP contribution < -0.4 is 4.90 Å². The Balaban J connectivity index is 1.19. The predicted molar refractivity (Wildman–Crippen MR) is 111 cm³/mol. The summed E-state index contributed by atoms with van der Waals surface area (Å²) in [5.74, 6) is 0.488. The lowest BCUT2D eigenvalue weighted by molar-refractivity contribution is -0.132. The van der Waals surface area contributed by atoms with Crippen LogP contribution in [0.5, 0.6) is 0 Å². The van der Waals surface area contributed by atoms with Gasteiger partial charge in [-0.05, 0) is 56.9 Å². The average molecular weight is 390 g/mol. The molecule has 0 unspecified atom stereocenters. The maximum atomic E-state index is 12.9. The van der Waals surface area contributed by atoms with Crippen molar-refractivity contribution >= 4 is 17.2 Å². The van der Waals surface area contributed by atoms with Gasteiger partial charge in [-0.25, -0.2) is 9.50 Å². The molecule has 0 aromatic carbocycles. The van der Waals surface area contributed by atoms with E-state index in [1.165, 1.54) is 0 Å². The van der Waals surface area contributed by atoms with E-state index in [9.17, 15) is 4.79 Å². The standard InChI is InChI=1S/C22H26N6O/c1-16-8-9-19(13-23-16)26-10-11-27-20(14-26)12-17(22(27)29)4-2-5-18-6-3-7-21-24-15-25-28(18)21/h3,6-9,13,15,17,20H,2,4-5,10-12,14H2,1H3/t17-,20-/m0/s1. The minimum atomic E-state index is 0.144. The summed E-state index contributed by atoms with van der Waals surface area (Å²) in [6.45, 7) is 4.61. The van der Waals surface area contributed by atoms with Crippen LogP contribution in [0.25, 0.3) is 5.65 Å². The third-order valence-electron chi connectivity index (χ3n) is 6.30. The van der Waals surface area contributed by atoms with Crippen LogP contribution in [0.4, 0.5) is 5.69 Å². The smallest absolute Gasteiger partial charge is 0.226 e. The summed E-state index contributed by atoms with van der Waals surface area (Å²) in [5.41, 5.74) is 4.22. The molecule has 0 radical (unpaired) electrons. The van der Waals surface area contributed by atoms with Gasteiger partial charge in [0.2, 0.25) is 5.91 Å². The molecule has 2 fully saturated rings. The zero-order valence-electron chi connectivity index (χ0n) is 16.7. The van der Waals surface area contributed by atoms with Crippen molar-refractivity contribution < 1.29 is 4.79 Å². The van der Waals surface area contributed by atoms with E-state index < -0.39 is 0 Å². The Hall–Kier alpha value is -2.96. The molecule has 5 heterocycles. The van der Waals surface area contributed by atoms with Crippen molar-refractivity contribution in [3.63, 3.8) is 0 Å². The fourth-order valence-corrected chi connectivity index (χ4v) is 4.75. The molecule has 3 aromatic rings. The number of fused-ring (bicyclic) bond motifs is 2. The highest BCUT2D eigenvalue weighted by atomic mass is 16.2. The number of rotatable bonds is 5. The Morgan fingerprint density at radius 1 is 1.14 bits per heavy atom. The zero-order valence-corrected chi connectivity index (χ0v) is 16.7. The van der Waals surface area contributed by atoms with Gasteiger partial charge in [-0.3, -0.25) is 9.78 Å². The number of piperazine rings is 1. The molecule has 2 aliphatic rings. The molecule has 2 aliphatic heterocycles. The maximum Gasteiger partial charge on any atom is 0.226 e. The quantitative estimate of drug-likeness (QED) is 0.670. The van der Waals surface area contributed by atoms with E-state index in [0.717, 1.165) is 68.0 Å². The van der Waals surface area contributed by atoms with Crippen molar-refractivity contribution in [2.75, 3.05) is 24.5 Å². The van der Waals surface area contributed by atoms with Gasteiger partial charge in [0.25, 0.3) is 0 Å². The lowest BCUT2D eigenvalue weighted by Gasteiger charge is -2.38. The van der Waals surface area contributed by atoms with Crippen LogP contribution in [0.3, 0.4) is 0 Å². The normalized spacial score (nSPS) is 21.8. The van der Waals surface area contributed by atoms with Crippen molar-refractivity contribution in [1.82, 2.24) is 24.5 Å². The molecule has 0 spiro atoms. The lowest BCUT2D eigenvalue weighted by Crippen LogP contribution is -2.51. The monoisotopic (exact) mass is 390 g/mol. The number of nitrogens with zero attached hydrogens (tertiary/aromatic N) is 6. The average Bonchev–Trinajstić information content (AvgIpc) is 3.34. The molecule has 29 heavy (non-hydrogen) atoms. The molecule has 0 N–H and O–H groups in total. The van der Waals surface area contributed by atoms with Gasteiger partial charge < -0.3 is 9.80 Å². The summed E-state index contributed by atoms with van der Waals surface area (Å²) >= 11 is 0. The first-order chi connectivity index (χ1) is 14.2. The number of aromatic nitrogens is 4. The van der Waals surface area contributed by atoms with E-state index in [-0.39, 0.29) is 5.92 Å². The van der Waals surface area contributed by atoms with E-state index in [2.05, 4.69) is 43.1 Å². The van der Waals surface area contributed by atoms with Crippen LogP contribution >= 0.6 is 0 Å². The molecule has 1 amide bonds. The van der Waals surface area contributed by atoms with E-state index in [4.69, 9.17) is 0 Å². The molecular formula is C22H26N6O.